The van der Waals surface area contributed by atoms with Crippen LogP contribution in [0.1, 0.15) is 26.7 Å². The third-order valence-electron chi connectivity index (χ3n) is 4.84. The predicted octanol–water partition coefficient (Wildman–Crippen LogP) is 3.37. The van der Waals surface area contributed by atoms with Gasteiger partial charge in [0, 0.05) is 42.5 Å². The first-order chi connectivity index (χ1) is 11.5. The Morgan fingerprint density at radius 2 is 2.00 bits per heavy atom. The van der Waals surface area contributed by atoms with Gasteiger partial charge in [0.1, 0.15) is 12.1 Å². The molecule has 0 saturated carbocycles. The van der Waals surface area contributed by atoms with E-state index in [2.05, 4.69) is 14.9 Å². The first-order valence-corrected chi connectivity index (χ1v) is 8.77. The summed E-state index contributed by atoms with van der Waals surface area (Å²) in [4.78, 5) is 25.4. The third-order valence-corrected chi connectivity index (χ3v) is 5.08. The summed E-state index contributed by atoms with van der Waals surface area (Å²) in [6.45, 7) is 5.75. The van der Waals surface area contributed by atoms with Crippen molar-refractivity contribution in [3.8, 4) is 0 Å². The van der Waals surface area contributed by atoms with Crippen molar-refractivity contribution in [2.45, 2.75) is 32.7 Å². The van der Waals surface area contributed by atoms with Crippen LogP contribution in [0.5, 0.6) is 0 Å². The van der Waals surface area contributed by atoms with Crippen molar-refractivity contribution >= 4 is 34.2 Å². The van der Waals surface area contributed by atoms with E-state index in [1.807, 2.05) is 44.0 Å². The Hall–Kier alpha value is -1.88. The fraction of sp³-hybridized carbons (Fsp3) is 0.500. The molecular weight excluding hydrogens is 324 g/mol. The van der Waals surface area contributed by atoms with Gasteiger partial charge in [0.05, 0.1) is 5.52 Å². The summed E-state index contributed by atoms with van der Waals surface area (Å²) in [6.07, 6.45) is 3.29. The summed E-state index contributed by atoms with van der Waals surface area (Å²) in [5.41, 5.74) is 0.852. The molecule has 5 nitrogen and oxygen atoms in total. The number of benzene rings is 1. The normalized spacial score (nSPS) is 16.0. The molecule has 128 valence electrons. The Morgan fingerprint density at radius 3 is 2.67 bits per heavy atom. The number of rotatable bonds is 3. The van der Waals surface area contributed by atoms with Gasteiger partial charge in [-0.1, -0.05) is 11.6 Å². The monoisotopic (exact) mass is 346 g/mol. The van der Waals surface area contributed by atoms with Crippen molar-refractivity contribution in [3.63, 3.8) is 0 Å². The molecule has 3 rings (SSSR count). The highest BCUT2D eigenvalue weighted by Gasteiger charge is 2.29. The predicted molar refractivity (Wildman–Crippen MR) is 97.4 cm³/mol. The zero-order valence-corrected chi connectivity index (χ0v) is 15.1. The molecule has 1 aliphatic rings. The second-order valence-electron chi connectivity index (χ2n) is 6.66. The lowest BCUT2D eigenvalue weighted by atomic mass is 9.94. The number of carbonyl (C=O) groups is 1. The third kappa shape index (κ3) is 3.31. The number of carbonyl (C=O) groups excluding carboxylic acids is 1. The Morgan fingerprint density at radius 1 is 1.29 bits per heavy atom. The average Bonchev–Trinajstić information content (AvgIpc) is 2.59. The molecule has 1 aliphatic heterocycles. The van der Waals surface area contributed by atoms with Gasteiger partial charge in [-0.05, 0) is 44.9 Å². The molecule has 2 heterocycles. The number of nitrogens with zero attached hydrogens (tertiary/aromatic N) is 4. The van der Waals surface area contributed by atoms with Gasteiger partial charge in [0.25, 0.3) is 0 Å². The maximum absolute atomic E-state index is 12.5. The Bertz CT molecular complexity index is 741. The van der Waals surface area contributed by atoms with E-state index in [0.717, 1.165) is 42.7 Å². The van der Waals surface area contributed by atoms with Gasteiger partial charge in [-0.3, -0.25) is 4.79 Å². The number of halogens is 1. The van der Waals surface area contributed by atoms with E-state index in [1.54, 1.807) is 6.33 Å². The minimum Gasteiger partial charge on any atom is -0.356 e. The molecule has 24 heavy (non-hydrogen) atoms. The van der Waals surface area contributed by atoms with E-state index in [9.17, 15) is 4.79 Å². The molecule has 0 N–H and O–H groups in total. The standard InChI is InChI=1S/C18H23ClN4O/c1-12(2)22(3)18(24)13-6-8-23(9-7-13)17-15-5-4-14(19)10-16(15)20-11-21-17/h4-5,10-13H,6-9H2,1-3H3. The topological polar surface area (TPSA) is 49.3 Å². The molecule has 1 aromatic heterocycles. The molecule has 0 atom stereocenters. The number of amides is 1. The highest BCUT2D eigenvalue weighted by molar-refractivity contribution is 6.31. The number of fused-ring (bicyclic) bond motifs is 1. The molecule has 0 aliphatic carbocycles. The minimum absolute atomic E-state index is 0.108. The lowest BCUT2D eigenvalue weighted by Crippen LogP contribution is -2.43. The smallest absolute Gasteiger partial charge is 0.225 e. The lowest BCUT2D eigenvalue weighted by molar-refractivity contribution is -0.136. The number of hydrogen-bond acceptors (Lipinski definition) is 4. The summed E-state index contributed by atoms with van der Waals surface area (Å²) in [7, 11) is 1.89. The van der Waals surface area contributed by atoms with Crippen molar-refractivity contribution in [3.05, 3.63) is 29.5 Å². The molecule has 1 fully saturated rings. The first kappa shape index (κ1) is 17.0. The van der Waals surface area contributed by atoms with Gasteiger partial charge in [0.15, 0.2) is 0 Å². The van der Waals surface area contributed by atoms with Gasteiger partial charge in [-0.25, -0.2) is 9.97 Å². The van der Waals surface area contributed by atoms with E-state index in [0.29, 0.717) is 5.02 Å². The van der Waals surface area contributed by atoms with Crippen LogP contribution in [0.4, 0.5) is 5.82 Å². The minimum atomic E-state index is 0.108. The van der Waals surface area contributed by atoms with Gasteiger partial charge in [0.2, 0.25) is 5.91 Å². The van der Waals surface area contributed by atoms with Crippen LogP contribution in [0.2, 0.25) is 5.02 Å². The zero-order valence-electron chi connectivity index (χ0n) is 14.4. The van der Waals surface area contributed by atoms with Crippen LogP contribution in [-0.2, 0) is 4.79 Å². The number of piperidine rings is 1. The zero-order chi connectivity index (χ0) is 17.3. The van der Waals surface area contributed by atoms with Crippen molar-refractivity contribution < 1.29 is 4.79 Å². The SMILES string of the molecule is CC(C)N(C)C(=O)C1CCN(c2ncnc3cc(Cl)ccc23)CC1. The lowest BCUT2D eigenvalue weighted by Gasteiger charge is -2.35. The summed E-state index contributed by atoms with van der Waals surface area (Å²) < 4.78 is 0. The van der Waals surface area contributed by atoms with Crippen LogP contribution < -0.4 is 4.90 Å². The molecule has 0 spiro atoms. The molecule has 0 unspecified atom stereocenters. The van der Waals surface area contributed by atoms with Crippen molar-refractivity contribution in [2.24, 2.45) is 5.92 Å². The Kier molecular flexibility index (Phi) is 4.90. The maximum Gasteiger partial charge on any atom is 0.225 e. The molecule has 1 aromatic carbocycles. The average molecular weight is 347 g/mol. The van der Waals surface area contributed by atoms with Crippen molar-refractivity contribution in [2.75, 3.05) is 25.0 Å². The largest absolute Gasteiger partial charge is 0.356 e. The Balaban J connectivity index is 1.75. The van der Waals surface area contributed by atoms with Gasteiger partial charge < -0.3 is 9.80 Å². The van der Waals surface area contributed by atoms with Crippen LogP contribution in [0.15, 0.2) is 24.5 Å². The highest BCUT2D eigenvalue weighted by atomic mass is 35.5. The van der Waals surface area contributed by atoms with Gasteiger partial charge in [-0.15, -0.1) is 0 Å². The number of anilines is 1. The highest BCUT2D eigenvalue weighted by Crippen LogP contribution is 2.29. The van der Waals surface area contributed by atoms with E-state index < -0.39 is 0 Å². The number of aromatic nitrogens is 2. The molecular formula is C18H23ClN4O. The van der Waals surface area contributed by atoms with Gasteiger partial charge in [-0.2, -0.15) is 0 Å². The summed E-state index contributed by atoms with van der Waals surface area (Å²) in [5.74, 6) is 1.29. The molecule has 1 amide bonds. The molecule has 0 radical (unpaired) electrons. The second kappa shape index (κ2) is 6.93. The Labute approximate surface area is 147 Å². The maximum atomic E-state index is 12.5. The van der Waals surface area contributed by atoms with Crippen LogP contribution in [-0.4, -0.2) is 47.0 Å². The van der Waals surface area contributed by atoms with Crippen molar-refractivity contribution in [1.82, 2.24) is 14.9 Å². The van der Waals surface area contributed by atoms with Crippen molar-refractivity contribution in [1.29, 1.82) is 0 Å². The summed E-state index contributed by atoms with van der Waals surface area (Å²) >= 11 is 6.05. The fourth-order valence-corrected chi connectivity index (χ4v) is 3.32. The summed E-state index contributed by atoms with van der Waals surface area (Å²) in [5, 5.41) is 1.68. The first-order valence-electron chi connectivity index (χ1n) is 8.39. The number of hydrogen-bond donors (Lipinski definition) is 0. The van der Waals surface area contributed by atoms with E-state index in [1.165, 1.54) is 0 Å². The molecule has 2 aromatic rings. The molecule has 6 heteroatoms. The fourth-order valence-electron chi connectivity index (χ4n) is 3.15. The quantitative estimate of drug-likeness (QED) is 0.855. The molecule has 0 bridgehead atoms. The van der Waals surface area contributed by atoms with E-state index in [4.69, 9.17) is 11.6 Å². The summed E-state index contributed by atoms with van der Waals surface area (Å²) in [6, 6.07) is 5.93. The van der Waals surface area contributed by atoms with E-state index >= 15 is 0 Å². The molecule has 1 saturated heterocycles. The van der Waals surface area contributed by atoms with Crippen LogP contribution in [0.3, 0.4) is 0 Å². The van der Waals surface area contributed by atoms with Gasteiger partial charge >= 0.3 is 0 Å². The second-order valence-corrected chi connectivity index (χ2v) is 7.10. The van der Waals surface area contributed by atoms with Crippen LogP contribution in [0, 0.1) is 5.92 Å². The van der Waals surface area contributed by atoms with E-state index in [-0.39, 0.29) is 17.9 Å². The van der Waals surface area contributed by atoms with Crippen LogP contribution >= 0.6 is 11.6 Å². The van der Waals surface area contributed by atoms with Crippen LogP contribution in [0.25, 0.3) is 10.9 Å².